The maximum Gasteiger partial charge on any atom is 0.328 e. The van der Waals surface area contributed by atoms with Gasteiger partial charge in [0.05, 0.1) is 4.47 Å². The maximum absolute atomic E-state index is 11.1. The van der Waals surface area contributed by atoms with Crippen LogP contribution in [0.2, 0.25) is 0 Å². The monoisotopic (exact) mass is 246 g/mol. The Morgan fingerprint density at radius 1 is 1.54 bits per heavy atom. The van der Waals surface area contributed by atoms with Gasteiger partial charge in [-0.25, -0.2) is 4.79 Å². The second-order valence-corrected chi connectivity index (χ2v) is 3.24. The van der Waals surface area contributed by atoms with Crippen molar-refractivity contribution in [2.75, 3.05) is 0 Å². The summed E-state index contributed by atoms with van der Waals surface area (Å²) in [5.41, 5.74) is -0.970. The minimum absolute atomic E-state index is 0.248. The van der Waals surface area contributed by atoms with Crippen molar-refractivity contribution < 1.29 is 4.79 Å². The third-order valence-electron chi connectivity index (χ3n) is 1.46. The molecule has 0 radical (unpaired) electrons. The quantitative estimate of drug-likeness (QED) is 0.757. The van der Waals surface area contributed by atoms with Crippen molar-refractivity contribution in [1.82, 2.24) is 9.55 Å². The molecule has 13 heavy (non-hydrogen) atoms. The second kappa shape index (κ2) is 4.18. The summed E-state index contributed by atoms with van der Waals surface area (Å²) in [6.45, 7) is 0.276. The Bertz CT molecular complexity index is 420. The van der Waals surface area contributed by atoms with E-state index in [4.69, 9.17) is 0 Å². The molecule has 70 valence electrons. The number of aryl methyl sites for hydroxylation is 1. The standard InChI is InChI=1S/C7H7BrN2O3/c8-5-4-10(2-1-3-11)7(13)9-6(5)12/h3-4H,1-2H2,(H,9,12,13). The van der Waals surface area contributed by atoms with Gasteiger partial charge in [-0.2, -0.15) is 0 Å². The van der Waals surface area contributed by atoms with Gasteiger partial charge in [-0.15, -0.1) is 0 Å². The molecule has 0 saturated carbocycles. The lowest BCUT2D eigenvalue weighted by Gasteiger charge is -2.00. The number of hydrogen-bond donors (Lipinski definition) is 1. The highest BCUT2D eigenvalue weighted by atomic mass is 79.9. The predicted octanol–water partition coefficient (Wildman–Crippen LogP) is -0.112. The van der Waals surface area contributed by atoms with Crippen molar-refractivity contribution in [3.8, 4) is 0 Å². The molecule has 0 aliphatic carbocycles. The van der Waals surface area contributed by atoms with Gasteiger partial charge in [0.15, 0.2) is 0 Å². The minimum Gasteiger partial charge on any atom is -0.303 e. The lowest BCUT2D eigenvalue weighted by Crippen LogP contribution is -2.29. The van der Waals surface area contributed by atoms with E-state index in [9.17, 15) is 14.4 Å². The molecule has 0 bridgehead atoms. The molecule has 6 heteroatoms. The lowest BCUT2D eigenvalue weighted by molar-refractivity contribution is -0.108. The summed E-state index contributed by atoms with van der Waals surface area (Å²) in [6.07, 6.45) is 2.33. The molecule has 1 rings (SSSR count). The molecule has 1 heterocycles. The van der Waals surface area contributed by atoms with E-state index < -0.39 is 11.2 Å². The van der Waals surface area contributed by atoms with Gasteiger partial charge in [0.1, 0.15) is 6.29 Å². The average Bonchev–Trinajstić information content (AvgIpc) is 2.09. The minimum atomic E-state index is -0.505. The summed E-state index contributed by atoms with van der Waals surface area (Å²) >= 11 is 2.98. The van der Waals surface area contributed by atoms with Crippen LogP contribution in [0.25, 0.3) is 0 Å². The Morgan fingerprint density at radius 3 is 2.85 bits per heavy atom. The third kappa shape index (κ3) is 2.38. The van der Waals surface area contributed by atoms with Crippen LogP contribution in [0.15, 0.2) is 20.3 Å². The van der Waals surface area contributed by atoms with Crippen LogP contribution in [0.3, 0.4) is 0 Å². The average molecular weight is 247 g/mol. The molecule has 0 aromatic carbocycles. The molecule has 0 amide bonds. The van der Waals surface area contributed by atoms with E-state index in [1.165, 1.54) is 10.8 Å². The zero-order chi connectivity index (χ0) is 9.84. The van der Waals surface area contributed by atoms with Crippen molar-refractivity contribution in [1.29, 1.82) is 0 Å². The van der Waals surface area contributed by atoms with Gasteiger partial charge >= 0.3 is 5.69 Å². The van der Waals surface area contributed by atoms with E-state index in [0.29, 0.717) is 6.29 Å². The Morgan fingerprint density at radius 2 is 2.23 bits per heavy atom. The third-order valence-corrected chi connectivity index (χ3v) is 2.02. The number of aromatic nitrogens is 2. The molecule has 1 aromatic rings. The normalized spacial score (nSPS) is 9.92. The van der Waals surface area contributed by atoms with E-state index >= 15 is 0 Å². The predicted molar refractivity (Wildman–Crippen MR) is 49.7 cm³/mol. The second-order valence-electron chi connectivity index (χ2n) is 2.39. The molecule has 0 unspecified atom stereocenters. The number of H-pyrrole nitrogens is 1. The SMILES string of the molecule is O=CCCn1cc(Br)c(=O)[nH]c1=O. The van der Waals surface area contributed by atoms with Gasteiger partial charge in [0, 0.05) is 19.2 Å². The van der Waals surface area contributed by atoms with E-state index in [0.717, 1.165) is 0 Å². The number of rotatable bonds is 3. The number of aromatic amines is 1. The molecule has 0 aliphatic rings. The highest BCUT2D eigenvalue weighted by Gasteiger charge is 2.00. The summed E-state index contributed by atoms with van der Waals surface area (Å²) in [5.74, 6) is 0. The van der Waals surface area contributed by atoms with Gasteiger partial charge in [-0.3, -0.25) is 14.3 Å². The fourth-order valence-electron chi connectivity index (χ4n) is 0.841. The first-order valence-electron chi connectivity index (χ1n) is 3.58. The van der Waals surface area contributed by atoms with Crippen molar-refractivity contribution in [2.24, 2.45) is 0 Å². The Kier molecular flexibility index (Phi) is 3.18. The summed E-state index contributed by atoms with van der Waals surface area (Å²) in [4.78, 5) is 34.1. The molecular formula is C7H7BrN2O3. The van der Waals surface area contributed by atoms with Crippen LogP contribution in [-0.2, 0) is 11.3 Å². The van der Waals surface area contributed by atoms with Crippen LogP contribution in [0, 0.1) is 0 Å². The molecule has 1 N–H and O–H groups in total. The molecule has 0 atom stereocenters. The van der Waals surface area contributed by atoms with Crippen molar-refractivity contribution in [3.05, 3.63) is 31.5 Å². The fraction of sp³-hybridized carbons (Fsp3) is 0.286. The summed E-state index contributed by atoms with van der Waals surface area (Å²) in [6, 6.07) is 0. The molecular weight excluding hydrogens is 240 g/mol. The van der Waals surface area contributed by atoms with E-state index in [-0.39, 0.29) is 17.4 Å². The smallest absolute Gasteiger partial charge is 0.303 e. The van der Waals surface area contributed by atoms with Gasteiger partial charge < -0.3 is 4.79 Å². The summed E-state index contributed by atoms with van der Waals surface area (Å²) in [5, 5.41) is 0. The molecule has 0 spiro atoms. The first-order valence-corrected chi connectivity index (χ1v) is 4.37. The Balaban J connectivity index is 3.08. The van der Waals surface area contributed by atoms with E-state index in [1.54, 1.807) is 0 Å². The number of nitrogens with one attached hydrogen (secondary N) is 1. The first-order chi connectivity index (χ1) is 6.15. The number of carbonyl (C=O) groups is 1. The first kappa shape index (κ1) is 9.91. The number of nitrogens with zero attached hydrogens (tertiary/aromatic N) is 1. The molecule has 1 aromatic heterocycles. The maximum atomic E-state index is 11.1. The van der Waals surface area contributed by atoms with E-state index in [2.05, 4.69) is 20.9 Å². The fourth-order valence-corrected chi connectivity index (χ4v) is 1.19. The van der Waals surface area contributed by atoms with Crippen LogP contribution < -0.4 is 11.2 Å². The largest absolute Gasteiger partial charge is 0.328 e. The molecule has 5 nitrogen and oxygen atoms in total. The number of aldehydes is 1. The number of halogens is 1. The number of hydrogen-bond acceptors (Lipinski definition) is 3. The van der Waals surface area contributed by atoms with Crippen LogP contribution >= 0.6 is 15.9 Å². The highest BCUT2D eigenvalue weighted by molar-refractivity contribution is 9.10. The lowest BCUT2D eigenvalue weighted by atomic mass is 10.4. The molecule has 0 aliphatic heterocycles. The molecule has 0 saturated heterocycles. The van der Waals surface area contributed by atoms with Gasteiger partial charge in [0.25, 0.3) is 5.56 Å². The van der Waals surface area contributed by atoms with Gasteiger partial charge in [-0.1, -0.05) is 0 Å². The van der Waals surface area contributed by atoms with Crippen molar-refractivity contribution >= 4 is 22.2 Å². The van der Waals surface area contributed by atoms with Gasteiger partial charge in [-0.05, 0) is 15.9 Å². The van der Waals surface area contributed by atoms with Crippen LogP contribution in [0.4, 0.5) is 0 Å². The molecule has 0 fully saturated rings. The van der Waals surface area contributed by atoms with Crippen LogP contribution in [0.1, 0.15) is 6.42 Å². The zero-order valence-corrected chi connectivity index (χ0v) is 8.20. The van der Waals surface area contributed by atoms with Crippen molar-refractivity contribution in [2.45, 2.75) is 13.0 Å². The highest BCUT2D eigenvalue weighted by Crippen LogP contribution is 1.97. The van der Waals surface area contributed by atoms with Gasteiger partial charge in [0.2, 0.25) is 0 Å². The van der Waals surface area contributed by atoms with Crippen molar-refractivity contribution in [3.63, 3.8) is 0 Å². The summed E-state index contributed by atoms with van der Waals surface area (Å²) in [7, 11) is 0. The van der Waals surface area contributed by atoms with Crippen LogP contribution in [-0.4, -0.2) is 15.8 Å². The van der Waals surface area contributed by atoms with E-state index in [1.807, 2.05) is 0 Å². The Labute approximate surface area is 81.5 Å². The summed E-state index contributed by atoms with van der Waals surface area (Å²) < 4.78 is 1.54. The topological polar surface area (TPSA) is 71.9 Å². The number of carbonyl (C=O) groups excluding carboxylic acids is 1. The zero-order valence-electron chi connectivity index (χ0n) is 6.62. The van der Waals surface area contributed by atoms with Crippen LogP contribution in [0.5, 0.6) is 0 Å². The Hall–Kier alpha value is -1.17.